The summed E-state index contributed by atoms with van der Waals surface area (Å²) in [5, 5.41) is 4.17. The van der Waals surface area contributed by atoms with Gasteiger partial charge in [0.15, 0.2) is 5.75 Å². The zero-order valence-electron chi connectivity index (χ0n) is 10.3. The molecule has 0 amide bonds. The summed E-state index contributed by atoms with van der Waals surface area (Å²) in [5.74, 6) is 0.843. The van der Waals surface area contributed by atoms with Crippen molar-refractivity contribution in [3.63, 3.8) is 0 Å². The lowest BCUT2D eigenvalue weighted by Gasteiger charge is -2.25. The van der Waals surface area contributed by atoms with Gasteiger partial charge in [-0.05, 0) is 25.9 Å². The van der Waals surface area contributed by atoms with Gasteiger partial charge in [0, 0.05) is 13.1 Å². The van der Waals surface area contributed by atoms with E-state index in [0.29, 0.717) is 6.54 Å². The molecule has 1 fully saturated rings. The summed E-state index contributed by atoms with van der Waals surface area (Å²) in [6.07, 6.45) is 7.70. The van der Waals surface area contributed by atoms with Crippen molar-refractivity contribution in [3.05, 3.63) is 12.4 Å². The van der Waals surface area contributed by atoms with E-state index < -0.39 is 0 Å². The normalized spacial score (nSPS) is 17.2. The molecule has 2 rings (SSSR count). The number of hydrogen-bond acceptors (Lipinski definition) is 4. The summed E-state index contributed by atoms with van der Waals surface area (Å²) in [6, 6.07) is 0. The third-order valence-corrected chi connectivity index (χ3v) is 3.09. The smallest absolute Gasteiger partial charge is 0.157 e. The fraction of sp³-hybridized carbons (Fsp3) is 0.750. The van der Waals surface area contributed by atoms with E-state index in [1.807, 2.05) is 10.9 Å². The second kappa shape index (κ2) is 6.61. The molecule has 0 spiro atoms. The van der Waals surface area contributed by atoms with Gasteiger partial charge >= 0.3 is 0 Å². The van der Waals surface area contributed by atoms with Gasteiger partial charge in [-0.2, -0.15) is 5.10 Å². The van der Waals surface area contributed by atoms with E-state index in [0.717, 1.165) is 25.4 Å². The molecule has 1 aliphatic heterocycles. The molecule has 17 heavy (non-hydrogen) atoms. The number of piperidine rings is 1. The van der Waals surface area contributed by atoms with Crippen molar-refractivity contribution in [2.75, 3.05) is 32.8 Å². The van der Waals surface area contributed by atoms with E-state index in [1.54, 1.807) is 6.20 Å². The summed E-state index contributed by atoms with van der Waals surface area (Å²) < 4.78 is 7.49. The first kappa shape index (κ1) is 12.4. The standard InChI is InChI=1S/C12H22N4O/c13-4-7-16-11-12(10-14-16)17-9-8-15-5-2-1-3-6-15/h10-11H,1-9,13H2. The van der Waals surface area contributed by atoms with Gasteiger partial charge in [-0.25, -0.2) is 0 Å². The maximum Gasteiger partial charge on any atom is 0.157 e. The topological polar surface area (TPSA) is 56.3 Å². The van der Waals surface area contributed by atoms with E-state index in [4.69, 9.17) is 10.5 Å². The molecule has 0 bridgehead atoms. The first-order chi connectivity index (χ1) is 8.38. The van der Waals surface area contributed by atoms with Crippen LogP contribution in [-0.2, 0) is 6.54 Å². The Morgan fingerprint density at radius 1 is 1.24 bits per heavy atom. The van der Waals surface area contributed by atoms with Gasteiger partial charge in [-0.3, -0.25) is 9.58 Å². The minimum Gasteiger partial charge on any atom is -0.489 e. The zero-order chi connectivity index (χ0) is 11.9. The molecular weight excluding hydrogens is 216 g/mol. The Hall–Kier alpha value is -1.07. The molecule has 5 heteroatoms. The Kier molecular flexibility index (Phi) is 4.82. The lowest BCUT2D eigenvalue weighted by Crippen LogP contribution is -2.33. The SMILES string of the molecule is NCCn1cc(OCCN2CCCCC2)cn1. The zero-order valence-corrected chi connectivity index (χ0v) is 10.3. The highest BCUT2D eigenvalue weighted by Gasteiger charge is 2.09. The maximum absolute atomic E-state index is 5.67. The molecule has 1 saturated heterocycles. The molecule has 0 atom stereocenters. The van der Waals surface area contributed by atoms with Crippen LogP contribution in [0.4, 0.5) is 0 Å². The van der Waals surface area contributed by atoms with Crippen LogP contribution in [-0.4, -0.2) is 47.5 Å². The van der Waals surface area contributed by atoms with E-state index in [2.05, 4.69) is 10.00 Å². The summed E-state index contributed by atoms with van der Waals surface area (Å²) in [4.78, 5) is 2.47. The molecule has 1 aromatic rings. The minimum atomic E-state index is 0.606. The Balaban J connectivity index is 1.66. The predicted octanol–water partition coefficient (Wildman–Crippen LogP) is 0.706. The molecule has 5 nitrogen and oxygen atoms in total. The number of hydrogen-bond donors (Lipinski definition) is 1. The monoisotopic (exact) mass is 238 g/mol. The van der Waals surface area contributed by atoms with Crippen LogP contribution in [0.15, 0.2) is 12.4 Å². The van der Waals surface area contributed by atoms with Gasteiger partial charge in [0.05, 0.1) is 18.9 Å². The highest BCUT2D eigenvalue weighted by molar-refractivity contribution is 5.11. The van der Waals surface area contributed by atoms with Crippen LogP contribution in [0.1, 0.15) is 19.3 Å². The number of rotatable bonds is 6. The molecule has 0 aliphatic carbocycles. The molecular formula is C12H22N4O. The summed E-state index contributed by atoms with van der Waals surface area (Å²) in [6.45, 7) is 5.55. The lowest BCUT2D eigenvalue weighted by atomic mass is 10.1. The first-order valence-corrected chi connectivity index (χ1v) is 6.46. The van der Waals surface area contributed by atoms with Gasteiger partial charge in [0.1, 0.15) is 6.61 Å². The van der Waals surface area contributed by atoms with Crippen LogP contribution >= 0.6 is 0 Å². The fourth-order valence-electron chi connectivity index (χ4n) is 2.15. The van der Waals surface area contributed by atoms with Crippen molar-refractivity contribution in [1.29, 1.82) is 0 Å². The van der Waals surface area contributed by atoms with Crippen molar-refractivity contribution in [2.45, 2.75) is 25.8 Å². The van der Waals surface area contributed by atoms with Crippen molar-refractivity contribution < 1.29 is 4.74 Å². The molecule has 96 valence electrons. The van der Waals surface area contributed by atoms with Crippen molar-refractivity contribution in [2.24, 2.45) is 5.73 Å². The third kappa shape index (κ3) is 4.02. The van der Waals surface area contributed by atoms with Crippen LogP contribution in [0.25, 0.3) is 0 Å². The maximum atomic E-state index is 5.67. The van der Waals surface area contributed by atoms with Gasteiger partial charge in [0.25, 0.3) is 0 Å². The average molecular weight is 238 g/mol. The Labute approximate surface area is 103 Å². The second-order valence-corrected chi connectivity index (χ2v) is 4.48. The molecule has 0 saturated carbocycles. The van der Waals surface area contributed by atoms with E-state index >= 15 is 0 Å². The number of aromatic nitrogens is 2. The largest absolute Gasteiger partial charge is 0.489 e. The summed E-state index contributed by atoms with van der Waals surface area (Å²) >= 11 is 0. The second-order valence-electron chi connectivity index (χ2n) is 4.48. The molecule has 2 heterocycles. The molecule has 0 aromatic carbocycles. The average Bonchev–Trinajstić information content (AvgIpc) is 2.79. The van der Waals surface area contributed by atoms with Crippen LogP contribution < -0.4 is 10.5 Å². The number of ether oxygens (including phenoxy) is 1. The quantitative estimate of drug-likeness (QED) is 0.793. The van der Waals surface area contributed by atoms with Gasteiger partial charge in [-0.15, -0.1) is 0 Å². The highest BCUT2D eigenvalue weighted by Crippen LogP contribution is 2.10. The van der Waals surface area contributed by atoms with Gasteiger partial charge in [-0.1, -0.05) is 6.42 Å². The van der Waals surface area contributed by atoms with Crippen LogP contribution in [0.5, 0.6) is 5.75 Å². The van der Waals surface area contributed by atoms with E-state index in [1.165, 1.54) is 32.4 Å². The lowest BCUT2D eigenvalue weighted by molar-refractivity contribution is 0.183. The molecule has 2 N–H and O–H groups in total. The summed E-state index contributed by atoms with van der Waals surface area (Å²) in [5.41, 5.74) is 5.46. The molecule has 1 aromatic heterocycles. The molecule has 0 unspecified atom stereocenters. The highest BCUT2D eigenvalue weighted by atomic mass is 16.5. The summed E-state index contributed by atoms with van der Waals surface area (Å²) in [7, 11) is 0. The van der Waals surface area contributed by atoms with E-state index in [-0.39, 0.29) is 0 Å². The van der Waals surface area contributed by atoms with Crippen LogP contribution in [0, 0.1) is 0 Å². The Bertz CT molecular complexity index is 320. The first-order valence-electron chi connectivity index (χ1n) is 6.46. The number of nitrogens with zero attached hydrogens (tertiary/aromatic N) is 3. The minimum absolute atomic E-state index is 0.606. The van der Waals surface area contributed by atoms with Crippen LogP contribution in [0.2, 0.25) is 0 Å². The van der Waals surface area contributed by atoms with E-state index in [9.17, 15) is 0 Å². The van der Waals surface area contributed by atoms with Gasteiger partial charge in [0.2, 0.25) is 0 Å². The fourth-order valence-corrected chi connectivity index (χ4v) is 2.15. The van der Waals surface area contributed by atoms with Crippen molar-refractivity contribution in [3.8, 4) is 5.75 Å². The van der Waals surface area contributed by atoms with Gasteiger partial charge < -0.3 is 10.5 Å². The van der Waals surface area contributed by atoms with Crippen LogP contribution in [0.3, 0.4) is 0 Å². The van der Waals surface area contributed by atoms with Crippen molar-refractivity contribution >= 4 is 0 Å². The Morgan fingerprint density at radius 3 is 2.82 bits per heavy atom. The number of likely N-dealkylation sites (tertiary alicyclic amines) is 1. The predicted molar refractivity (Wildman–Crippen MR) is 67.1 cm³/mol. The molecule has 1 aliphatic rings. The third-order valence-electron chi connectivity index (χ3n) is 3.09. The number of nitrogens with two attached hydrogens (primary N) is 1. The Morgan fingerprint density at radius 2 is 2.06 bits per heavy atom. The molecule has 0 radical (unpaired) electrons. The van der Waals surface area contributed by atoms with Crippen molar-refractivity contribution in [1.82, 2.24) is 14.7 Å².